The molecule has 3 amide bonds. The molecule has 0 spiro atoms. The largest absolute Gasteiger partial charge is 0.480 e. The number of aliphatic hydroxyl groups excluding tert-OH is 1. The standard InChI is InChI=1S/C26H29N5O6S/c1-26(2)20(25(36)37)31-23(35)18(24(31)38-26)30-22(34)17(14-9-5-3-6-10-14)29-16(32)13-28-21(27)19(33)15-11-7-4-8-12-15/h3-12,17-20,24,33H,13H2,1-2H3,(H2,27,28)(H,29,32)(H,30,34)(H,36,37)/t17?,18?,19?,20-,24+/m0/s1. The zero-order chi connectivity index (χ0) is 27.6. The van der Waals surface area contributed by atoms with Crippen molar-refractivity contribution in [3.05, 3.63) is 71.8 Å². The number of carboxylic acid groups (broad SMARTS) is 1. The number of aliphatic hydroxyl groups is 1. The first-order chi connectivity index (χ1) is 18.0. The van der Waals surface area contributed by atoms with Gasteiger partial charge in [0.25, 0.3) is 0 Å². The third-order valence-electron chi connectivity index (χ3n) is 6.50. The van der Waals surface area contributed by atoms with Crippen molar-refractivity contribution in [3.63, 3.8) is 0 Å². The lowest BCUT2D eigenvalue weighted by Gasteiger charge is -2.44. The number of carboxylic acids is 1. The maximum absolute atomic E-state index is 13.3. The fourth-order valence-corrected chi connectivity index (χ4v) is 6.24. The average molecular weight is 540 g/mol. The average Bonchev–Trinajstić information content (AvgIpc) is 3.17. The molecule has 12 heteroatoms. The molecule has 2 aliphatic heterocycles. The number of benzene rings is 2. The molecule has 38 heavy (non-hydrogen) atoms. The summed E-state index contributed by atoms with van der Waals surface area (Å²) >= 11 is 1.31. The Labute approximate surface area is 223 Å². The number of rotatable bonds is 9. The van der Waals surface area contributed by atoms with Crippen LogP contribution >= 0.6 is 11.8 Å². The minimum atomic E-state index is -1.24. The van der Waals surface area contributed by atoms with E-state index in [2.05, 4.69) is 16.0 Å². The Balaban J connectivity index is 1.41. The van der Waals surface area contributed by atoms with Crippen LogP contribution in [0.15, 0.2) is 60.7 Å². The highest BCUT2D eigenvalue weighted by Gasteiger charge is 2.64. The highest BCUT2D eigenvalue weighted by molar-refractivity contribution is 8.01. The van der Waals surface area contributed by atoms with Gasteiger partial charge in [0.2, 0.25) is 17.7 Å². The molecule has 200 valence electrons. The highest BCUT2D eigenvalue weighted by Crippen LogP contribution is 2.50. The number of aliphatic carboxylic acids is 1. The van der Waals surface area contributed by atoms with Crippen molar-refractivity contribution < 1.29 is 29.4 Å². The summed E-state index contributed by atoms with van der Waals surface area (Å²) in [7, 11) is 0. The number of β-lactam (4-membered cyclic amide) rings is 1. The SMILES string of the molecule is CC1(C)S[C@@H]2C(NC(=O)C(NC(=O)CNC(=N)C(O)c3ccccc3)c3ccccc3)C(=O)N2[C@H]1C(=O)O. The second kappa shape index (κ2) is 10.8. The van der Waals surface area contributed by atoms with Crippen LogP contribution in [-0.2, 0) is 19.2 Å². The van der Waals surface area contributed by atoms with Crippen LogP contribution in [0.1, 0.15) is 37.1 Å². The van der Waals surface area contributed by atoms with Crippen LogP contribution < -0.4 is 16.0 Å². The summed E-state index contributed by atoms with van der Waals surface area (Å²) in [5.41, 5.74) is 0.966. The van der Waals surface area contributed by atoms with E-state index in [1.165, 1.54) is 16.7 Å². The number of amidine groups is 1. The van der Waals surface area contributed by atoms with Crippen LogP contribution in [0.3, 0.4) is 0 Å². The quantitative estimate of drug-likeness (QED) is 0.154. The Morgan fingerprint density at radius 1 is 1.05 bits per heavy atom. The number of fused-ring (bicyclic) bond motifs is 1. The van der Waals surface area contributed by atoms with Crippen LogP contribution in [-0.4, -0.2) is 73.4 Å². The molecule has 11 nitrogen and oxygen atoms in total. The van der Waals surface area contributed by atoms with Gasteiger partial charge >= 0.3 is 5.97 Å². The number of amides is 3. The predicted molar refractivity (Wildman–Crippen MR) is 140 cm³/mol. The van der Waals surface area contributed by atoms with E-state index < -0.39 is 58.0 Å². The summed E-state index contributed by atoms with van der Waals surface area (Å²) in [6, 6.07) is 13.9. The van der Waals surface area contributed by atoms with E-state index in [0.29, 0.717) is 11.1 Å². The Hall–Kier alpha value is -3.90. The van der Waals surface area contributed by atoms with E-state index >= 15 is 0 Å². The second-order valence-electron chi connectivity index (χ2n) is 9.58. The molecular weight excluding hydrogens is 510 g/mol. The van der Waals surface area contributed by atoms with Crippen molar-refractivity contribution in [2.75, 3.05) is 6.54 Å². The van der Waals surface area contributed by atoms with Crippen LogP contribution in [0, 0.1) is 5.41 Å². The Morgan fingerprint density at radius 3 is 2.21 bits per heavy atom. The maximum Gasteiger partial charge on any atom is 0.327 e. The third-order valence-corrected chi connectivity index (χ3v) is 8.07. The van der Waals surface area contributed by atoms with Crippen LogP contribution in [0.5, 0.6) is 0 Å². The van der Waals surface area contributed by atoms with Gasteiger partial charge in [-0.05, 0) is 25.0 Å². The number of nitrogens with zero attached hydrogens (tertiary/aromatic N) is 1. The molecule has 2 heterocycles. The van der Waals surface area contributed by atoms with Gasteiger partial charge in [-0.25, -0.2) is 4.79 Å². The highest BCUT2D eigenvalue weighted by atomic mass is 32.2. The van der Waals surface area contributed by atoms with Crippen molar-refractivity contribution in [2.45, 2.75) is 48.2 Å². The first kappa shape index (κ1) is 27.1. The third kappa shape index (κ3) is 5.36. The minimum absolute atomic E-state index is 0.277. The van der Waals surface area contributed by atoms with Crippen molar-refractivity contribution in [2.24, 2.45) is 0 Å². The van der Waals surface area contributed by atoms with E-state index in [1.807, 2.05) is 0 Å². The molecular formula is C26H29N5O6S. The lowest BCUT2D eigenvalue weighted by molar-refractivity contribution is -0.161. The molecule has 3 unspecified atom stereocenters. The molecule has 4 rings (SSSR count). The number of carbonyl (C=O) groups excluding carboxylic acids is 3. The van der Waals surface area contributed by atoms with Gasteiger partial charge in [0.15, 0.2) is 0 Å². The molecule has 6 N–H and O–H groups in total. The van der Waals surface area contributed by atoms with Gasteiger partial charge in [0.05, 0.1) is 6.54 Å². The lowest BCUT2D eigenvalue weighted by Crippen LogP contribution is -2.71. The smallest absolute Gasteiger partial charge is 0.327 e. The van der Waals surface area contributed by atoms with Gasteiger partial charge in [-0.1, -0.05) is 60.7 Å². The first-order valence-electron chi connectivity index (χ1n) is 11.9. The van der Waals surface area contributed by atoms with Crippen LogP contribution in [0.25, 0.3) is 0 Å². The fraction of sp³-hybridized carbons (Fsp3) is 0.346. The molecule has 0 aromatic heterocycles. The van der Waals surface area contributed by atoms with Crippen molar-refractivity contribution >= 4 is 41.3 Å². The number of thioether (sulfide) groups is 1. The summed E-state index contributed by atoms with van der Waals surface area (Å²) in [6.45, 7) is 3.11. The van der Waals surface area contributed by atoms with Gasteiger partial charge in [0.1, 0.15) is 35.4 Å². The Kier molecular flexibility index (Phi) is 7.74. The van der Waals surface area contributed by atoms with E-state index in [1.54, 1.807) is 74.5 Å². The van der Waals surface area contributed by atoms with Crippen LogP contribution in [0.2, 0.25) is 0 Å². The Bertz CT molecular complexity index is 1240. The second-order valence-corrected chi connectivity index (χ2v) is 11.3. The van der Waals surface area contributed by atoms with Gasteiger partial charge in [-0.15, -0.1) is 11.8 Å². The minimum Gasteiger partial charge on any atom is -0.480 e. The summed E-state index contributed by atoms with van der Waals surface area (Å²) in [5, 5.41) is 35.3. The van der Waals surface area contributed by atoms with Crippen LogP contribution in [0.4, 0.5) is 0 Å². The zero-order valence-electron chi connectivity index (χ0n) is 20.8. The summed E-state index contributed by atoms with van der Waals surface area (Å²) in [5.74, 6) is -3.10. The molecule has 2 aromatic carbocycles. The maximum atomic E-state index is 13.3. The Morgan fingerprint density at radius 2 is 1.63 bits per heavy atom. The van der Waals surface area contributed by atoms with Gasteiger partial charge < -0.3 is 31.1 Å². The molecule has 2 fully saturated rings. The van der Waals surface area contributed by atoms with Gasteiger partial charge in [-0.3, -0.25) is 19.8 Å². The molecule has 2 saturated heterocycles. The fourth-order valence-electron chi connectivity index (χ4n) is 4.61. The normalized spacial score (nSPS) is 22.9. The van der Waals surface area contributed by atoms with E-state index in [9.17, 15) is 29.4 Å². The molecule has 0 bridgehead atoms. The lowest BCUT2D eigenvalue weighted by atomic mass is 9.95. The number of nitrogens with one attached hydrogen (secondary N) is 4. The van der Waals surface area contributed by atoms with Crippen molar-refractivity contribution in [3.8, 4) is 0 Å². The van der Waals surface area contributed by atoms with Gasteiger partial charge in [0, 0.05) is 4.75 Å². The summed E-state index contributed by atoms with van der Waals surface area (Å²) in [4.78, 5) is 51.9. The van der Waals surface area contributed by atoms with Crippen molar-refractivity contribution in [1.29, 1.82) is 5.41 Å². The number of carbonyl (C=O) groups is 4. The van der Waals surface area contributed by atoms with Crippen molar-refractivity contribution in [1.82, 2.24) is 20.9 Å². The molecule has 0 saturated carbocycles. The molecule has 2 aromatic rings. The topological polar surface area (TPSA) is 172 Å². The first-order valence-corrected chi connectivity index (χ1v) is 12.8. The number of hydrogen-bond acceptors (Lipinski definition) is 7. The molecule has 2 aliphatic rings. The van der Waals surface area contributed by atoms with Gasteiger partial charge in [-0.2, -0.15) is 0 Å². The summed E-state index contributed by atoms with van der Waals surface area (Å²) in [6.07, 6.45) is -1.24. The molecule has 5 atom stereocenters. The number of hydrogen-bond donors (Lipinski definition) is 6. The molecule has 0 radical (unpaired) electrons. The molecule has 0 aliphatic carbocycles. The van der Waals surface area contributed by atoms with E-state index in [4.69, 9.17) is 5.41 Å². The van der Waals surface area contributed by atoms with E-state index in [-0.39, 0.29) is 12.4 Å². The zero-order valence-corrected chi connectivity index (χ0v) is 21.6. The van der Waals surface area contributed by atoms with E-state index in [0.717, 1.165) is 0 Å². The predicted octanol–water partition coefficient (Wildman–Crippen LogP) is 0.776. The summed E-state index contributed by atoms with van der Waals surface area (Å²) < 4.78 is -0.737. The monoisotopic (exact) mass is 539 g/mol.